The van der Waals surface area contributed by atoms with Crippen molar-refractivity contribution in [3.8, 4) is 0 Å². The van der Waals surface area contributed by atoms with Crippen LogP contribution in [-0.2, 0) is 4.74 Å². The number of carbonyl (C=O) groups excluding carboxylic acids is 1. The lowest BCUT2D eigenvalue weighted by molar-refractivity contribution is 0.00408. The molecular formula is C16H22ClNO3. The van der Waals surface area contributed by atoms with Crippen LogP contribution < -0.4 is 0 Å². The summed E-state index contributed by atoms with van der Waals surface area (Å²) in [7, 11) is 0. The molecule has 2 unspecified atom stereocenters. The molecule has 0 aromatic heterocycles. The maximum absolute atomic E-state index is 12.2. The van der Waals surface area contributed by atoms with Crippen LogP contribution in [0.25, 0.3) is 0 Å². The minimum atomic E-state index is -0.515. The van der Waals surface area contributed by atoms with Crippen molar-refractivity contribution in [2.75, 3.05) is 13.1 Å². The lowest BCUT2D eigenvalue weighted by atomic mass is 9.88. The summed E-state index contributed by atoms with van der Waals surface area (Å²) in [5.74, 6) is -0.134. The zero-order valence-corrected chi connectivity index (χ0v) is 13.4. The smallest absolute Gasteiger partial charge is 0.410 e. The highest BCUT2D eigenvalue weighted by molar-refractivity contribution is 6.30. The average molecular weight is 312 g/mol. The molecule has 0 radical (unpaired) electrons. The van der Waals surface area contributed by atoms with Gasteiger partial charge in [0.05, 0.1) is 6.10 Å². The van der Waals surface area contributed by atoms with E-state index >= 15 is 0 Å². The Balaban J connectivity index is 2.11. The van der Waals surface area contributed by atoms with Crippen LogP contribution in [0.15, 0.2) is 24.3 Å². The van der Waals surface area contributed by atoms with Gasteiger partial charge in [-0.3, -0.25) is 0 Å². The summed E-state index contributed by atoms with van der Waals surface area (Å²) >= 11 is 6.01. The highest BCUT2D eigenvalue weighted by atomic mass is 35.5. The van der Waals surface area contributed by atoms with E-state index in [1.165, 1.54) is 0 Å². The van der Waals surface area contributed by atoms with E-state index < -0.39 is 11.7 Å². The van der Waals surface area contributed by atoms with Gasteiger partial charge in [-0.1, -0.05) is 23.7 Å². The molecule has 21 heavy (non-hydrogen) atoms. The zero-order chi connectivity index (χ0) is 15.6. The van der Waals surface area contributed by atoms with Gasteiger partial charge in [-0.05, 0) is 44.9 Å². The van der Waals surface area contributed by atoms with E-state index in [-0.39, 0.29) is 12.0 Å². The van der Waals surface area contributed by atoms with Crippen LogP contribution in [0.1, 0.15) is 38.7 Å². The predicted octanol–water partition coefficient (Wildman–Crippen LogP) is 3.43. The Bertz CT molecular complexity index is 512. The van der Waals surface area contributed by atoms with Crippen LogP contribution in [0.3, 0.4) is 0 Å². The van der Waals surface area contributed by atoms with E-state index in [1.807, 2.05) is 39.0 Å². The Labute approximate surface area is 130 Å². The van der Waals surface area contributed by atoms with Crippen LogP contribution in [0.2, 0.25) is 5.02 Å². The predicted molar refractivity (Wildman–Crippen MR) is 82.6 cm³/mol. The number of nitrogens with zero attached hydrogens (tertiary/aromatic N) is 1. The van der Waals surface area contributed by atoms with Crippen LogP contribution in [0.4, 0.5) is 4.79 Å². The van der Waals surface area contributed by atoms with Crippen molar-refractivity contribution in [1.29, 1.82) is 0 Å². The van der Waals surface area contributed by atoms with Gasteiger partial charge in [-0.25, -0.2) is 4.79 Å². The van der Waals surface area contributed by atoms with Crippen molar-refractivity contribution in [2.45, 2.75) is 44.8 Å². The number of carbonyl (C=O) groups is 1. The van der Waals surface area contributed by atoms with Crippen LogP contribution in [-0.4, -0.2) is 40.9 Å². The second-order valence-electron chi connectivity index (χ2n) is 6.44. The van der Waals surface area contributed by atoms with Gasteiger partial charge in [0.25, 0.3) is 0 Å². The third-order valence-electron chi connectivity index (χ3n) is 3.50. The fourth-order valence-electron chi connectivity index (χ4n) is 2.50. The molecule has 1 heterocycles. The molecule has 2 rings (SSSR count). The topological polar surface area (TPSA) is 49.8 Å². The third-order valence-corrected chi connectivity index (χ3v) is 3.74. The van der Waals surface area contributed by atoms with E-state index in [4.69, 9.17) is 16.3 Å². The van der Waals surface area contributed by atoms with Gasteiger partial charge in [-0.2, -0.15) is 0 Å². The highest BCUT2D eigenvalue weighted by Gasteiger charge is 2.33. The summed E-state index contributed by atoms with van der Waals surface area (Å²) in [5.41, 5.74) is 0.432. The molecular weight excluding hydrogens is 290 g/mol. The van der Waals surface area contributed by atoms with Gasteiger partial charge in [0.2, 0.25) is 0 Å². The van der Waals surface area contributed by atoms with E-state index in [2.05, 4.69) is 0 Å². The van der Waals surface area contributed by atoms with Gasteiger partial charge in [0.1, 0.15) is 5.60 Å². The largest absolute Gasteiger partial charge is 0.444 e. The quantitative estimate of drug-likeness (QED) is 0.864. The Kier molecular flexibility index (Phi) is 4.79. The molecule has 1 aliphatic rings. The molecule has 1 aliphatic heterocycles. The lowest BCUT2D eigenvalue weighted by Gasteiger charge is -2.37. The number of hydrogen-bond donors (Lipinski definition) is 1. The summed E-state index contributed by atoms with van der Waals surface area (Å²) in [5, 5.41) is 10.9. The first kappa shape index (κ1) is 16.1. The van der Waals surface area contributed by atoms with Crippen molar-refractivity contribution in [3.05, 3.63) is 34.9 Å². The minimum absolute atomic E-state index is 0.134. The number of ether oxygens (including phenoxy) is 1. The molecule has 116 valence electrons. The first-order valence-electron chi connectivity index (χ1n) is 7.18. The van der Waals surface area contributed by atoms with Crippen molar-refractivity contribution >= 4 is 17.7 Å². The molecule has 5 heteroatoms. The molecule has 1 aromatic rings. The molecule has 0 bridgehead atoms. The molecule has 1 N–H and O–H groups in total. The van der Waals surface area contributed by atoms with Crippen LogP contribution in [0, 0.1) is 0 Å². The number of hydrogen-bond acceptors (Lipinski definition) is 3. The first-order valence-corrected chi connectivity index (χ1v) is 7.55. The second kappa shape index (κ2) is 6.24. The Morgan fingerprint density at radius 2 is 2.14 bits per heavy atom. The number of likely N-dealkylation sites (tertiary alicyclic amines) is 1. The number of aliphatic hydroxyl groups excluding tert-OH is 1. The maximum atomic E-state index is 12.2. The minimum Gasteiger partial charge on any atom is -0.444 e. The summed E-state index contributed by atoms with van der Waals surface area (Å²) in [6, 6.07) is 7.43. The van der Waals surface area contributed by atoms with Crippen molar-refractivity contribution < 1.29 is 14.6 Å². The number of halogens is 1. The number of rotatable bonds is 1. The molecule has 4 nitrogen and oxygen atoms in total. The normalized spacial score (nSPS) is 23.0. The van der Waals surface area contributed by atoms with Gasteiger partial charge < -0.3 is 14.7 Å². The van der Waals surface area contributed by atoms with E-state index in [0.29, 0.717) is 24.5 Å². The van der Waals surface area contributed by atoms with E-state index in [1.54, 1.807) is 11.0 Å². The molecule has 1 aromatic carbocycles. The molecule has 1 saturated heterocycles. The van der Waals surface area contributed by atoms with Gasteiger partial charge >= 0.3 is 6.09 Å². The maximum Gasteiger partial charge on any atom is 0.410 e. The van der Waals surface area contributed by atoms with Crippen LogP contribution in [0.5, 0.6) is 0 Å². The molecule has 1 fully saturated rings. The van der Waals surface area contributed by atoms with Gasteiger partial charge in [0.15, 0.2) is 0 Å². The van der Waals surface area contributed by atoms with Crippen LogP contribution >= 0.6 is 11.6 Å². The number of amides is 1. The highest BCUT2D eigenvalue weighted by Crippen LogP contribution is 2.29. The van der Waals surface area contributed by atoms with E-state index in [0.717, 1.165) is 5.56 Å². The molecule has 0 aliphatic carbocycles. The third kappa shape index (κ3) is 4.35. The fraction of sp³-hybridized carbons (Fsp3) is 0.562. The monoisotopic (exact) mass is 311 g/mol. The van der Waals surface area contributed by atoms with Crippen molar-refractivity contribution in [2.24, 2.45) is 0 Å². The molecule has 1 amide bonds. The summed E-state index contributed by atoms with van der Waals surface area (Å²) in [4.78, 5) is 13.8. The zero-order valence-electron chi connectivity index (χ0n) is 12.7. The summed E-state index contributed by atoms with van der Waals surface area (Å²) in [6.07, 6.45) is -0.264. The van der Waals surface area contributed by atoms with Crippen molar-refractivity contribution in [1.82, 2.24) is 4.90 Å². The summed E-state index contributed by atoms with van der Waals surface area (Å²) in [6.45, 7) is 6.48. The van der Waals surface area contributed by atoms with E-state index in [9.17, 15) is 9.90 Å². The SMILES string of the molecule is CC(C)(C)OC(=O)N1CCC(O)C(c2cccc(Cl)c2)C1. The first-order chi connectivity index (χ1) is 9.76. The Morgan fingerprint density at radius 3 is 2.76 bits per heavy atom. The van der Waals surface area contributed by atoms with Gasteiger partial charge in [0, 0.05) is 24.0 Å². The average Bonchev–Trinajstić information content (AvgIpc) is 2.37. The Hall–Kier alpha value is -1.26. The number of aliphatic hydroxyl groups is 1. The van der Waals surface area contributed by atoms with Gasteiger partial charge in [-0.15, -0.1) is 0 Å². The lowest BCUT2D eigenvalue weighted by Crippen LogP contribution is -2.46. The summed E-state index contributed by atoms with van der Waals surface area (Å²) < 4.78 is 5.40. The standard InChI is InChI=1S/C16H22ClNO3/c1-16(2,3)21-15(20)18-8-7-14(19)13(10-18)11-5-4-6-12(17)9-11/h4-6,9,13-14,19H,7-8,10H2,1-3H3. The molecule has 0 spiro atoms. The Morgan fingerprint density at radius 1 is 1.43 bits per heavy atom. The fourth-order valence-corrected chi connectivity index (χ4v) is 2.70. The number of benzene rings is 1. The molecule has 0 saturated carbocycles. The number of piperidine rings is 1. The molecule has 2 atom stereocenters. The van der Waals surface area contributed by atoms with Crippen molar-refractivity contribution in [3.63, 3.8) is 0 Å². The second-order valence-corrected chi connectivity index (χ2v) is 6.88.